The second-order valence-electron chi connectivity index (χ2n) is 5.43. The molecule has 0 aromatic carbocycles. The molecule has 0 spiro atoms. The highest BCUT2D eigenvalue weighted by Gasteiger charge is 2.16. The minimum Gasteiger partial charge on any atom is -0.308 e. The standard InChI is InChI=1S/C14H21N5S/c1-9-10(2)20-14-12(9)13(18-15)16-11(17-14)8-19-6-4-3-5-7-19/h3-8,15H2,1-2H3,(H,16,17,18). The maximum atomic E-state index is 5.65. The van der Waals surface area contributed by atoms with Gasteiger partial charge in [-0.1, -0.05) is 6.42 Å². The van der Waals surface area contributed by atoms with E-state index >= 15 is 0 Å². The molecule has 0 aliphatic carbocycles. The van der Waals surface area contributed by atoms with Crippen LogP contribution < -0.4 is 11.3 Å². The Balaban J connectivity index is 1.95. The van der Waals surface area contributed by atoms with Crippen LogP contribution in [0.3, 0.4) is 0 Å². The van der Waals surface area contributed by atoms with E-state index in [0.29, 0.717) is 0 Å². The van der Waals surface area contributed by atoms with Crippen LogP contribution in [0.4, 0.5) is 5.82 Å². The molecule has 0 saturated carbocycles. The Bertz CT molecular complexity index is 616. The molecule has 0 atom stereocenters. The van der Waals surface area contributed by atoms with Crippen molar-refractivity contribution in [2.24, 2.45) is 5.84 Å². The van der Waals surface area contributed by atoms with Crippen LogP contribution >= 0.6 is 11.3 Å². The average molecular weight is 291 g/mol. The number of rotatable bonds is 3. The van der Waals surface area contributed by atoms with Gasteiger partial charge in [0.25, 0.3) is 0 Å². The van der Waals surface area contributed by atoms with Crippen molar-refractivity contribution in [2.45, 2.75) is 39.7 Å². The molecule has 0 bridgehead atoms. The first-order valence-electron chi connectivity index (χ1n) is 7.14. The summed E-state index contributed by atoms with van der Waals surface area (Å²) in [4.78, 5) is 14.1. The van der Waals surface area contributed by atoms with E-state index < -0.39 is 0 Å². The number of hydrogen-bond donors (Lipinski definition) is 2. The number of aryl methyl sites for hydroxylation is 2. The summed E-state index contributed by atoms with van der Waals surface area (Å²) < 4.78 is 0. The first kappa shape index (κ1) is 13.7. The normalized spacial score (nSPS) is 16.8. The molecule has 0 radical (unpaired) electrons. The molecule has 3 N–H and O–H groups in total. The Morgan fingerprint density at radius 1 is 1.20 bits per heavy atom. The lowest BCUT2D eigenvalue weighted by Crippen LogP contribution is -2.30. The largest absolute Gasteiger partial charge is 0.308 e. The number of likely N-dealkylation sites (tertiary alicyclic amines) is 1. The summed E-state index contributed by atoms with van der Waals surface area (Å²) in [5, 5.41) is 1.07. The molecule has 3 rings (SSSR count). The zero-order valence-electron chi connectivity index (χ0n) is 12.1. The first-order chi connectivity index (χ1) is 9.69. The van der Waals surface area contributed by atoms with Crippen molar-refractivity contribution in [3.8, 4) is 0 Å². The molecule has 3 heterocycles. The summed E-state index contributed by atoms with van der Waals surface area (Å²) in [6.45, 7) is 7.33. The van der Waals surface area contributed by atoms with Crippen LogP contribution in [0, 0.1) is 13.8 Å². The van der Waals surface area contributed by atoms with Crippen LogP contribution in [0.25, 0.3) is 10.2 Å². The summed E-state index contributed by atoms with van der Waals surface area (Å²) in [6, 6.07) is 0. The third-order valence-corrected chi connectivity index (χ3v) is 5.13. The summed E-state index contributed by atoms with van der Waals surface area (Å²) in [5.74, 6) is 7.27. The lowest BCUT2D eigenvalue weighted by Gasteiger charge is -2.25. The number of hydrogen-bond acceptors (Lipinski definition) is 6. The monoisotopic (exact) mass is 291 g/mol. The van der Waals surface area contributed by atoms with Gasteiger partial charge >= 0.3 is 0 Å². The second kappa shape index (κ2) is 5.63. The molecule has 0 unspecified atom stereocenters. The molecule has 1 aliphatic rings. The number of hydrazine groups is 1. The van der Waals surface area contributed by atoms with Gasteiger partial charge < -0.3 is 5.43 Å². The zero-order valence-corrected chi connectivity index (χ0v) is 12.9. The molecular formula is C14H21N5S. The van der Waals surface area contributed by atoms with Crippen molar-refractivity contribution in [1.29, 1.82) is 0 Å². The topological polar surface area (TPSA) is 67.1 Å². The van der Waals surface area contributed by atoms with Crippen LogP contribution in [0.5, 0.6) is 0 Å². The van der Waals surface area contributed by atoms with Crippen LogP contribution in [0.15, 0.2) is 0 Å². The molecule has 1 aliphatic heterocycles. The van der Waals surface area contributed by atoms with Gasteiger partial charge in [0.2, 0.25) is 0 Å². The molecular weight excluding hydrogens is 270 g/mol. The lowest BCUT2D eigenvalue weighted by atomic mass is 10.1. The minimum absolute atomic E-state index is 0.754. The average Bonchev–Trinajstić information content (AvgIpc) is 2.74. The van der Waals surface area contributed by atoms with E-state index in [-0.39, 0.29) is 0 Å². The minimum atomic E-state index is 0.754. The second-order valence-corrected chi connectivity index (χ2v) is 6.64. The van der Waals surface area contributed by atoms with E-state index in [4.69, 9.17) is 10.8 Å². The van der Waals surface area contributed by atoms with E-state index in [1.54, 1.807) is 11.3 Å². The van der Waals surface area contributed by atoms with E-state index in [1.165, 1.54) is 29.7 Å². The number of nitrogens with one attached hydrogen (secondary N) is 1. The molecule has 6 heteroatoms. The summed E-state index contributed by atoms with van der Waals surface area (Å²) in [7, 11) is 0. The highest BCUT2D eigenvalue weighted by Crippen LogP contribution is 2.33. The Morgan fingerprint density at radius 3 is 2.65 bits per heavy atom. The predicted octanol–water partition coefficient (Wildman–Crippen LogP) is 2.58. The van der Waals surface area contributed by atoms with Gasteiger partial charge in [0.1, 0.15) is 10.7 Å². The van der Waals surface area contributed by atoms with Crippen LogP contribution in [0.2, 0.25) is 0 Å². The third kappa shape index (κ3) is 2.51. The maximum absolute atomic E-state index is 5.65. The van der Waals surface area contributed by atoms with E-state index in [9.17, 15) is 0 Å². The number of nitrogen functional groups attached to an aromatic ring is 1. The highest BCUT2D eigenvalue weighted by molar-refractivity contribution is 7.18. The number of fused-ring (bicyclic) bond motifs is 1. The smallest absolute Gasteiger partial charge is 0.152 e. The number of nitrogens with two attached hydrogens (primary N) is 1. The Hall–Kier alpha value is -1.24. The molecule has 108 valence electrons. The molecule has 2 aromatic rings. The fraction of sp³-hybridized carbons (Fsp3) is 0.571. The number of thiophene rings is 1. The van der Waals surface area contributed by atoms with Crippen molar-refractivity contribution in [3.05, 3.63) is 16.3 Å². The van der Waals surface area contributed by atoms with Crippen molar-refractivity contribution in [3.63, 3.8) is 0 Å². The van der Waals surface area contributed by atoms with E-state index in [1.807, 2.05) is 0 Å². The molecule has 0 amide bonds. The van der Waals surface area contributed by atoms with Crippen LogP contribution in [0.1, 0.15) is 35.5 Å². The van der Waals surface area contributed by atoms with Gasteiger partial charge in [-0.3, -0.25) is 4.90 Å². The van der Waals surface area contributed by atoms with Gasteiger partial charge in [-0.2, -0.15) is 0 Å². The lowest BCUT2D eigenvalue weighted by molar-refractivity contribution is 0.216. The van der Waals surface area contributed by atoms with Crippen LogP contribution in [-0.2, 0) is 6.54 Å². The zero-order chi connectivity index (χ0) is 14.1. The fourth-order valence-corrected chi connectivity index (χ4v) is 3.83. The molecule has 5 nitrogen and oxygen atoms in total. The van der Waals surface area contributed by atoms with Gasteiger partial charge in [-0.25, -0.2) is 15.8 Å². The van der Waals surface area contributed by atoms with E-state index in [0.717, 1.165) is 41.5 Å². The van der Waals surface area contributed by atoms with Gasteiger partial charge in [-0.05, 0) is 45.3 Å². The van der Waals surface area contributed by atoms with Crippen molar-refractivity contribution in [1.82, 2.24) is 14.9 Å². The van der Waals surface area contributed by atoms with Crippen molar-refractivity contribution >= 4 is 27.4 Å². The highest BCUT2D eigenvalue weighted by atomic mass is 32.1. The van der Waals surface area contributed by atoms with Crippen molar-refractivity contribution < 1.29 is 0 Å². The molecule has 2 aromatic heterocycles. The number of anilines is 1. The Labute approximate surface area is 123 Å². The summed E-state index contributed by atoms with van der Waals surface area (Å²) >= 11 is 1.72. The van der Waals surface area contributed by atoms with Gasteiger partial charge in [-0.15, -0.1) is 11.3 Å². The Morgan fingerprint density at radius 2 is 1.95 bits per heavy atom. The van der Waals surface area contributed by atoms with E-state index in [2.05, 4.69) is 29.2 Å². The molecule has 20 heavy (non-hydrogen) atoms. The SMILES string of the molecule is Cc1sc2nc(CN3CCCCC3)nc(NN)c2c1C. The summed E-state index contributed by atoms with van der Waals surface area (Å²) in [5.41, 5.74) is 3.96. The van der Waals surface area contributed by atoms with Crippen molar-refractivity contribution in [2.75, 3.05) is 18.5 Å². The first-order valence-corrected chi connectivity index (χ1v) is 7.96. The number of aromatic nitrogens is 2. The molecule has 1 saturated heterocycles. The molecule has 1 fully saturated rings. The van der Waals surface area contributed by atoms with Gasteiger partial charge in [0, 0.05) is 4.88 Å². The summed E-state index contributed by atoms with van der Waals surface area (Å²) in [6.07, 6.45) is 3.90. The van der Waals surface area contributed by atoms with Gasteiger partial charge in [0.15, 0.2) is 5.82 Å². The maximum Gasteiger partial charge on any atom is 0.152 e. The quantitative estimate of drug-likeness (QED) is 0.672. The van der Waals surface area contributed by atoms with Gasteiger partial charge in [0.05, 0.1) is 11.9 Å². The third-order valence-electron chi connectivity index (χ3n) is 4.03. The number of piperidine rings is 1. The predicted molar refractivity (Wildman–Crippen MR) is 83.8 cm³/mol. The fourth-order valence-electron chi connectivity index (χ4n) is 2.79. The number of nitrogens with zero attached hydrogens (tertiary/aromatic N) is 3. The van der Waals surface area contributed by atoms with Crippen LogP contribution in [-0.4, -0.2) is 28.0 Å². The Kier molecular flexibility index (Phi) is 3.87.